The van der Waals surface area contributed by atoms with Gasteiger partial charge in [0.05, 0.1) is 17.1 Å². The zero-order valence-electron chi connectivity index (χ0n) is 14.4. The van der Waals surface area contributed by atoms with Crippen LogP contribution in [0.3, 0.4) is 0 Å². The molecule has 0 aliphatic carbocycles. The summed E-state index contributed by atoms with van der Waals surface area (Å²) in [6, 6.07) is 7.65. The zero-order valence-corrected chi connectivity index (χ0v) is 15.1. The molecule has 24 heavy (non-hydrogen) atoms. The second-order valence-corrected chi connectivity index (χ2v) is 6.33. The van der Waals surface area contributed by atoms with E-state index in [2.05, 4.69) is 16.4 Å². The molecule has 0 radical (unpaired) electrons. The average molecular weight is 348 g/mol. The molecule has 1 unspecified atom stereocenters. The Balaban J connectivity index is 2.21. The van der Waals surface area contributed by atoms with Gasteiger partial charge in [-0.2, -0.15) is 0 Å². The molecule has 0 aliphatic heterocycles. The Morgan fingerprint density at radius 1 is 1.33 bits per heavy atom. The number of imide groups is 1. The summed E-state index contributed by atoms with van der Waals surface area (Å²) in [5, 5.41) is 3.34. The maximum Gasteiger partial charge on any atom is 0.324 e. The Labute approximate surface area is 147 Å². The van der Waals surface area contributed by atoms with E-state index in [1.165, 1.54) is 6.92 Å². The van der Waals surface area contributed by atoms with Crippen molar-refractivity contribution in [1.29, 1.82) is 0 Å². The molecule has 3 amide bonds. The van der Waals surface area contributed by atoms with Gasteiger partial charge in [0.25, 0.3) is 0 Å². The summed E-state index contributed by atoms with van der Waals surface area (Å²) in [6.45, 7) is 5.32. The number of hydrogen-bond acceptors (Lipinski definition) is 3. The van der Waals surface area contributed by atoms with Gasteiger partial charge in [-0.25, -0.2) is 4.79 Å². The lowest BCUT2D eigenvalue weighted by Crippen LogP contribution is -2.44. The largest absolute Gasteiger partial charge is 0.324 e. The molecule has 6 heteroatoms. The second kappa shape index (κ2) is 7.62. The Kier molecular flexibility index (Phi) is 5.78. The number of hydrogen-bond donors (Lipinski definition) is 1. The van der Waals surface area contributed by atoms with E-state index in [1.807, 2.05) is 32.0 Å². The number of carbonyl (C=O) groups is 2. The molecule has 0 aliphatic rings. The number of nitrogens with zero attached hydrogens (tertiary/aromatic N) is 2. The molecule has 0 bridgehead atoms. The molecule has 1 N–H and O–H groups in total. The number of amides is 3. The molecular formula is C18H22ClN3O2. The van der Waals surface area contributed by atoms with Crippen molar-refractivity contribution in [3.63, 3.8) is 0 Å². The van der Waals surface area contributed by atoms with Crippen LogP contribution in [0.1, 0.15) is 30.7 Å². The number of pyridine rings is 1. The van der Waals surface area contributed by atoms with Crippen LogP contribution in [0.15, 0.2) is 24.3 Å². The minimum absolute atomic E-state index is 0.0458. The van der Waals surface area contributed by atoms with Crippen LogP contribution in [-0.2, 0) is 17.1 Å². The number of nitrogens with one attached hydrogen (secondary N) is 1. The van der Waals surface area contributed by atoms with E-state index in [4.69, 9.17) is 11.6 Å². The Morgan fingerprint density at radius 3 is 2.67 bits per heavy atom. The highest BCUT2D eigenvalue weighted by Gasteiger charge is 2.18. The van der Waals surface area contributed by atoms with Gasteiger partial charge >= 0.3 is 6.03 Å². The molecule has 1 heterocycles. The van der Waals surface area contributed by atoms with Crippen LogP contribution in [0.5, 0.6) is 0 Å². The van der Waals surface area contributed by atoms with Gasteiger partial charge < -0.3 is 4.90 Å². The van der Waals surface area contributed by atoms with E-state index in [9.17, 15) is 9.59 Å². The van der Waals surface area contributed by atoms with Gasteiger partial charge in [0.15, 0.2) is 0 Å². The summed E-state index contributed by atoms with van der Waals surface area (Å²) >= 11 is 5.84. The average Bonchev–Trinajstić information content (AvgIpc) is 2.53. The van der Waals surface area contributed by atoms with Gasteiger partial charge in [-0.15, -0.1) is 11.6 Å². The van der Waals surface area contributed by atoms with Crippen LogP contribution < -0.4 is 5.32 Å². The predicted octanol–water partition coefficient (Wildman–Crippen LogP) is 3.40. The number of likely N-dealkylation sites (N-methyl/N-ethyl adjacent to an activating group) is 1. The number of fused-ring (bicyclic) bond motifs is 1. The fourth-order valence-corrected chi connectivity index (χ4v) is 2.70. The van der Waals surface area contributed by atoms with Gasteiger partial charge in [-0.1, -0.05) is 6.07 Å². The van der Waals surface area contributed by atoms with Crippen molar-refractivity contribution in [3.8, 4) is 0 Å². The third-order valence-corrected chi connectivity index (χ3v) is 4.40. The Hall–Kier alpha value is -2.14. The lowest BCUT2D eigenvalue weighted by atomic mass is 9.98. The van der Waals surface area contributed by atoms with Crippen LogP contribution in [0.2, 0.25) is 0 Å². The topological polar surface area (TPSA) is 62.3 Å². The summed E-state index contributed by atoms with van der Waals surface area (Å²) < 4.78 is 0. The van der Waals surface area contributed by atoms with E-state index in [-0.39, 0.29) is 18.0 Å². The molecule has 128 valence electrons. The van der Waals surface area contributed by atoms with Crippen molar-refractivity contribution < 1.29 is 9.59 Å². The summed E-state index contributed by atoms with van der Waals surface area (Å²) in [6.07, 6.45) is 0.695. The molecule has 1 aromatic heterocycles. The second-order valence-electron chi connectivity index (χ2n) is 6.06. The first kappa shape index (κ1) is 18.2. The van der Waals surface area contributed by atoms with E-state index < -0.39 is 0 Å². The molecule has 2 rings (SSSR count). The van der Waals surface area contributed by atoms with Gasteiger partial charge in [-0.05, 0) is 49.6 Å². The number of aromatic nitrogens is 1. The highest BCUT2D eigenvalue weighted by atomic mass is 35.5. The van der Waals surface area contributed by atoms with Crippen molar-refractivity contribution >= 4 is 34.4 Å². The standard InChI is InChI=1S/C18H22ClN3O2/c1-11-7-17-14(5-6-16(10-19)21-17)9-15(11)8-12(2)22(4)18(24)20-13(3)23/h5-7,9,12H,8,10H2,1-4H3,(H,20,23,24). The first-order valence-corrected chi connectivity index (χ1v) is 8.34. The SMILES string of the molecule is CC(=O)NC(=O)N(C)C(C)Cc1cc2ccc(CCl)nc2cc1C. The Morgan fingerprint density at radius 2 is 2.04 bits per heavy atom. The molecule has 1 aromatic carbocycles. The lowest BCUT2D eigenvalue weighted by molar-refractivity contribution is -0.118. The van der Waals surface area contributed by atoms with Crippen LogP contribution >= 0.6 is 11.6 Å². The van der Waals surface area contributed by atoms with Crippen LogP contribution in [0.25, 0.3) is 10.9 Å². The number of alkyl halides is 1. The highest BCUT2D eigenvalue weighted by molar-refractivity contribution is 6.16. The van der Waals surface area contributed by atoms with Crippen molar-refractivity contribution in [2.45, 2.75) is 39.1 Å². The van der Waals surface area contributed by atoms with E-state index >= 15 is 0 Å². The summed E-state index contributed by atoms with van der Waals surface area (Å²) in [4.78, 5) is 29.0. The summed E-state index contributed by atoms with van der Waals surface area (Å²) in [7, 11) is 1.69. The van der Waals surface area contributed by atoms with Gasteiger partial charge in [0, 0.05) is 25.4 Å². The van der Waals surface area contributed by atoms with Gasteiger partial charge in [0.1, 0.15) is 0 Å². The minimum atomic E-state index is -0.387. The maximum absolute atomic E-state index is 11.9. The first-order chi connectivity index (χ1) is 11.3. The normalized spacial score (nSPS) is 12.0. The van der Waals surface area contributed by atoms with Gasteiger partial charge in [-0.3, -0.25) is 15.1 Å². The summed E-state index contributed by atoms with van der Waals surface area (Å²) in [5.41, 5.74) is 4.04. The summed E-state index contributed by atoms with van der Waals surface area (Å²) in [5.74, 6) is 0.0335. The van der Waals surface area contributed by atoms with Crippen LogP contribution in [-0.4, -0.2) is 34.9 Å². The molecule has 0 saturated heterocycles. The molecule has 2 aromatic rings. The number of benzene rings is 1. The maximum atomic E-state index is 11.9. The zero-order chi connectivity index (χ0) is 17.9. The highest BCUT2D eigenvalue weighted by Crippen LogP contribution is 2.21. The van der Waals surface area contributed by atoms with E-state index in [1.54, 1.807) is 11.9 Å². The monoisotopic (exact) mass is 347 g/mol. The molecule has 0 fully saturated rings. The van der Waals surface area contributed by atoms with Crippen molar-refractivity contribution in [3.05, 3.63) is 41.1 Å². The number of rotatable bonds is 4. The molecule has 0 saturated carbocycles. The number of carbonyl (C=O) groups excluding carboxylic acids is 2. The number of halogens is 1. The fraction of sp³-hybridized carbons (Fsp3) is 0.389. The number of urea groups is 1. The van der Waals surface area contributed by atoms with Crippen LogP contribution in [0.4, 0.5) is 4.79 Å². The third-order valence-electron chi connectivity index (χ3n) is 4.12. The number of aryl methyl sites for hydroxylation is 1. The third kappa shape index (κ3) is 4.23. The van der Waals surface area contributed by atoms with Crippen molar-refractivity contribution in [2.75, 3.05) is 7.05 Å². The Bertz CT molecular complexity index is 776. The predicted molar refractivity (Wildman–Crippen MR) is 96.2 cm³/mol. The lowest BCUT2D eigenvalue weighted by Gasteiger charge is -2.25. The molecular weight excluding hydrogens is 326 g/mol. The van der Waals surface area contributed by atoms with Crippen molar-refractivity contribution in [1.82, 2.24) is 15.2 Å². The first-order valence-electron chi connectivity index (χ1n) is 7.81. The van der Waals surface area contributed by atoms with E-state index in [0.717, 1.165) is 27.7 Å². The van der Waals surface area contributed by atoms with Gasteiger partial charge in [0.2, 0.25) is 5.91 Å². The fourth-order valence-electron chi connectivity index (χ4n) is 2.55. The van der Waals surface area contributed by atoms with E-state index in [0.29, 0.717) is 12.3 Å². The quantitative estimate of drug-likeness (QED) is 0.862. The molecule has 0 spiro atoms. The smallest absolute Gasteiger partial charge is 0.324 e. The molecule has 5 nitrogen and oxygen atoms in total. The van der Waals surface area contributed by atoms with Crippen molar-refractivity contribution in [2.24, 2.45) is 0 Å². The van der Waals surface area contributed by atoms with Crippen LogP contribution in [0, 0.1) is 6.92 Å². The molecule has 1 atom stereocenters. The minimum Gasteiger partial charge on any atom is -0.324 e.